The molecule has 0 aliphatic rings. The molecule has 0 fully saturated rings. The summed E-state index contributed by atoms with van der Waals surface area (Å²) < 4.78 is 10.5. The van der Waals surface area contributed by atoms with Crippen LogP contribution in [0.5, 0.6) is 0 Å². The summed E-state index contributed by atoms with van der Waals surface area (Å²) in [6.45, 7) is 2.14. The van der Waals surface area contributed by atoms with E-state index in [1.165, 1.54) is 11.6 Å². The number of carbonyl (C=O) groups is 1. The minimum absolute atomic E-state index is 0.357. The van der Waals surface area contributed by atoms with E-state index >= 15 is 0 Å². The first-order valence-electron chi connectivity index (χ1n) is 9.15. The van der Waals surface area contributed by atoms with Crippen LogP contribution in [0.2, 0.25) is 0 Å². The zero-order valence-corrected chi connectivity index (χ0v) is 15.5. The molecule has 0 saturated heterocycles. The van der Waals surface area contributed by atoms with Gasteiger partial charge in [0.15, 0.2) is 5.76 Å². The van der Waals surface area contributed by atoms with Crippen molar-refractivity contribution < 1.29 is 14.1 Å². The van der Waals surface area contributed by atoms with Gasteiger partial charge in [0, 0.05) is 11.6 Å². The molecule has 0 radical (unpaired) electrons. The summed E-state index contributed by atoms with van der Waals surface area (Å²) in [4.78, 5) is 11.5. The highest BCUT2D eigenvalue weighted by Crippen LogP contribution is 2.31. The van der Waals surface area contributed by atoms with Crippen molar-refractivity contribution >= 4 is 22.9 Å². The molecule has 4 aromatic rings. The standard InChI is InChI=1S/C24H19NO3/c1-2-27-23(26)15-9-17-8-14-22-21(16-17)24(28-25-22)20-12-10-19(11-13-20)18-6-4-3-5-7-18/h3-16H,2H2,1H3/b15-9+. The maximum atomic E-state index is 11.5. The van der Waals surface area contributed by atoms with E-state index < -0.39 is 0 Å². The average Bonchev–Trinajstić information content (AvgIpc) is 3.16. The number of aromatic nitrogens is 1. The molecule has 1 heterocycles. The summed E-state index contributed by atoms with van der Waals surface area (Å²) in [5.74, 6) is 0.352. The number of esters is 1. The fourth-order valence-electron chi connectivity index (χ4n) is 3.07. The summed E-state index contributed by atoms with van der Waals surface area (Å²) in [5, 5.41) is 5.05. The van der Waals surface area contributed by atoms with E-state index in [9.17, 15) is 4.79 Å². The molecule has 0 amide bonds. The molecule has 4 nitrogen and oxygen atoms in total. The number of ether oxygens (including phenoxy) is 1. The van der Waals surface area contributed by atoms with E-state index in [2.05, 4.69) is 29.4 Å². The van der Waals surface area contributed by atoms with Gasteiger partial charge < -0.3 is 9.26 Å². The number of carbonyl (C=O) groups excluding carboxylic acids is 1. The van der Waals surface area contributed by atoms with Crippen LogP contribution in [0.15, 0.2) is 83.4 Å². The number of benzene rings is 3. The summed E-state index contributed by atoms with van der Waals surface area (Å²) in [7, 11) is 0. The molecular weight excluding hydrogens is 350 g/mol. The third kappa shape index (κ3) is 3.71. The van der Waals surface area contributed by atoms with Crippen LogP contribution in [0.25, 0.3) is 39.4 Å². The lowest BCUT2D eigenvalue weighted by molar-refractivity contribution is -0.137. The molecule has 0 N–H and O–H groups in total. The monoisotopic (exact) mass is 369 g/mol. The third-order valence-electron chi connectivity index (χ3n) is 4.45. The average molecular weight is 369 g/mol. The van der Waals surface area contributed by atoms with Crippen molar-refractivity contribution in [2.45, 2.75) is 6.92 Å². The Hall–Kier alpha value is -3.66. The molecule has 28 heavy (non-hydrogen) atoms. The summed E-state index contributed by atoms with van der Waals surface area (Å²) in [6.07, 6.45) is 3.15. The van der Waals surface area contributed by atoms with E-state index in [-0.39, 0.29) is 5.97 Å². The molecule has 0 unspecified atom stereocenters. The Kier molecular flexibility index (Phi) is 5.02. The lowest BCUT2D eigenvalue weighted by atomic mass is 10.0. The van der Waals surface area contributed by atoms with Crippen LogP contribution in [0, 0.1) is 0 Å². The molecule has 0 bridgehead atoms. The van der Waals surface area contributed by atoms with Crippen LogP contribution >= 0.6 is 0 Å². The van der Waals surface area contributed by atoms with Gasteiger partial charge in [-0.05, 0) is 41.8 Å². The summed E-state index contributed by atoms with van der Waals surface area (Å²) in [5.41, 5.74) is 4.92. The second-order valence-electron chi connectivity index (χ2n) is 6.32. The van der Waals surface area contributed by atoms with Crippen molar-refractivity contribution in [1.82, 2.24) is 5.16 Å². The van der Waals surface area contributed by atoms with Gasteiger partial charge >= 0.3 is 5.97 Å². The predicted molar refractivity (Wildman–Crippen MR) is 111 cm³/mol. The third-order valence-corrected chi connectivity index (χ3v) is 4.45. The van der Waals surface area contributed by atoms with Gasteiger partial charge in [-0.3, -0.25) is 0 Å². The van der Waals surface area contributed by atoms with Gasteiger partial charge in [-0.1, -0.05) is 65.8 Å². The lowest BCUT2D eigenvalue weighted by Gasteiger charge is -2.03. The van der Waals surface area contributed by atoms with Crippen molar-refractivity contribution in [2.24, 2.45) is 0 Å². The number of fused-ring (bicyclic) bond motifs is 1. The molecule has 138 valence electrons. The predicted octanol–water partition coefficient (Wildman–Crippen LogP) is 5.74. The fraction of sp³-hybridized carbons (Fsp3) is 0.0833. The Bertz CT molecular complexity index is 1130. The largest absolute Gasteiger partial charge is 0.463 e. The molecule has 0 aliphatic heterocycles. The van der Waals surface area contributed by atoms with E-state index in [4.69, 9.17) is 9.26 Å². The van der Waals surface area contributed by atoms with Crippen molar-refractivity contribution in [3.63, 3.8) is 0 Å². The summed E-state index contributed by atoms with van der Waals surface area (Å²) in [6, 6.07) is 24.2. The van der Waals surface area contributed by atoms with Crippen LogP contribution in [0.1, 0.15) is 12.5 Å². The normalized spacial score (nSPS) is 11.2. The van der Waals surface area contributed by atoms with Gasteiger partial charge in [0.1, 0.15) is 5.52 Å². The first-order valence-corrected chi connectivity index (χ1v) is 9.15. The van der Waals surface area contributed by atoms with E-state index in [1.54, 1.807) is 13.0 Å². The Balaban J connectivity index is 1.65. The second-order valence-corrected chi connectivity index (χ2v) is 6.32. The second kappa shape index (κ2) is 7.92. The molecule has 0 aliphatic carbocycles. The Morgan fingerprint density at radius 2 is 1.68 bits per heavy atom. The Morgan fingerprint density at radius 1 is 0.964 bits per heavy atom. The van der Waals surface area contributed by atoms with Gasteiger partial charge in [0.2, 0.25) is 0 Å². The molecular formula is C24H19NO3. The highest BCUT2D eigenvalue weighted by atomic mass is 16.5. The molecule has 3 aromatic carbocycles. The molecule has 4 rings (SSSR count). The van der Waals surface area contributed by atoms with Crippen molar-refractivity contribution in [2.75, 3.05) is 6.61 Å². The van der Waals surface area contributed by atoms with Gasteiger partial charge in [-0.2, -0.15) is 0 Å². The van der Waals surface area contributed by atoms with Gasteiger partial charge in [0.25, 0.3) is 0 Å². The number of rotatable bonds is 5. The lowest BCUT2D eigenvalue weighted by Crippen LogP contribution is -1.98. The Morgan fingerprint density at radius 3 is 2.43 bits per heavy atom. The first kappa shape index (κ1) is 17.7. The van der Waals surface area contributed by atoms with Crippen LogP contribution in [0.3, 0.4) is 0 Å². The van der Waals surface area contributed by atoms with Crippen LogP contribution in [0.4, 0.5) is 0 Å². The van der Waals surface area contributed by atoms with Crippen LogP contribution in [-0.2, 0) is 9.53 Å². The minimum Gasteiger partial charge on any atom is -0.463 e. The highest BCUT2D eigenvalue weighted by molar-refractivity contribution is 5.94. The van der Waals surface area contributed by atoms with E-state index in [1.807, 2.05) is 48.5 Å². The Labute approximate surface area is 163 Å². The zero-order chi connectivity index (χ0) is 19.3. The van der Waals surface area contributed by atoms with Crippen LogP contribution in [-0.4, -0.2) is 17.7 Å². The van der Waals surface area contributed by atoms with Gasteiger partial charge in [0.05, 0.1) is 12.0 Å². The molecule has 0 saturated carbocycles. The quantitative estimate of drug-likeness (QED) is 0.333. The fourth-order valence-corrected chi connectivity index (χ4v) is 3.07. The summed E-state index contributed by atoms with van der Waals surface area (Å²) >= 11 is 0. The van der Waals surface area contributed by atoms with Crippen molar-refractivity contribution in [3.05, 3.63) is 84.4 Å². The van der Waals surface area contributed by atoms with Crippen molar-refractivity contribution in [3.8, 4) is 22.5 Å². The van der Waals surface area contributed by atoms with Gasteiger partial charge in [-0.25, -0.2) is 4.79 Å². The topological polar surface area (TPSA) is 52.3 Å². The van der Waals surface area contributed by atoms with Crippen molar-refractivity contribution in [1.29, 1.82) is 0 Å². The smallest absolute Gasteiger partial charge is 0.330 e. The van der Waals surface area contributed by atoms with E-state index in [0.717, 1.165) is 27.6 Å². The minimum atomic E-state index is -0.357. The van der Waals surface area contributed by atoms with Crippen LogP contribution < -0.4 is 0 Å². The first-order chi connectivity index (χ1) is 13.7. The van der Waals surface area contributed by atoms with E-state index in [0.29, 0.717) is 12.4 Å². The molecule has 1 aromatic heterocycles. The number of hydrogen-bond donors (Lipinski definition) is 0. The zero-order valence-electron chi connectivity index (χ0n) is 15.5. The maximum absolute atomic E-state index is 11.5. The molecule has 0 atom stereocenters. The number of hydrogen-bond acceptors (Lipinski definition) is 4. The highest BCUT2D eigenvalue weighted by Gasteiger charge is 2.11. The SMILES string of the molecule is CCOC(=O)/C=C/c1ccc2noc(-c3ccc(-c4ccccc4)cc3)c2c1. The maximum Gasteiger partial charge on any atom is 0.330 e. The van der Waals surface area contributed by atoms with Gasteiger partial charge in [-0.15, -0.1) is 0 Å². The number of nitrogens with zero attached hydrogens (tertiary/aromatic N) is 1. The molecule has 0 spiro atoms. The molecule has 4 heteroatoms.